The van der Waals surface area contributed by atoms with Crippen LogP contribution in [0.2, 0.25) is 0 Å². The Balaban J connectivity index is 1.86. The van der Waals surface area contributed by atoms with Crippen LogP contribution in [0, 0.1) is 0 Å². The molecule has 0 amide bonds. The van der Waals surface area contributed by atoms with Crippen molar-refractivity contribution in [3.05, 3.63) is 24.3 Å². The van der Waals surface area contributed by atoms with Gasteiger partial charge >= 0.3 is 0 Å². The van der Waals surface area contributed by atoms with Gasteiger partial charge in [-0.2, -0.15) is 0 Å². The fourth-order valence-electron chi connectivity index (χ4n) is 2.60. The molecule has 2 rings (SSSR count). The molecule has 0 bridgehead atoms. The third-order valence-electron chi connectivity index (χ3n) is 4.36. The summed E-state index contributed by atoms with van der Waals surface area (Å²) >= 11 is 0. The summed E-state index contributed by atoms with van der Waals surface area (Å²) in [7, 11) is -0.950. The molecule has 5 nitrogen and oxygen atoms in total. The maximum Gasteiger partial charge on any atom is 0.178 e. The Hall–Kier alpha value is -1.11. The van der Waals surface area contributed by atoms with Crippen molar-refractivity contribution < 1.29 is 8.42 Å². The summed E-state index contributed by atoms with van der Waals surface area (Å²) in [5.41, 5.74) is 0.969. The van der Waals surface area contributed by atoms with E-state index in [4.69, 9.17) is 0 Å². The van der Waals surface area contributed by atoms with Gasteiger partial charge in [-0.05, 0) is 38.2 Å². The van der Waals surface area contributed by atoms with E-state index in [1.54, 1.807) is 19.1 Å². The first kappa shape index (κ1) is 17.2. The second kappa shape index (κ2) is 7.44. The van der Waals surface area contributed by atoms with Crippen molar-refractivity contribution in [3.8, 4) is 0 Å². The van der Waals surface area contributed by atoms with Crippen LogP contribution in [0.4, 0.5) is 5.69 Å². The fraction of sp³-hybridized carbons (Fsp3) is 0.625. The SMILES string of the molecule is CCS(=O)(=O)c1ccc(NC[C@@H](C)N2CCN(C)CC2)cc1. The first-order valence-corrected chi connectivity index (χ1v) is 9.57. The third kappa shape index (κ3) is 4.44. The molecule has 1 aliphatic heterocycles. The topological polar surface area (TPSA) is 52.7 Å². The maximum atomic E-state index is 11.8. The van der Waals surface area contributed by atoms with Crippen LogP contribution in [0.15, 0.2) is 29.2 Å². The molecule has 1 aromatic carbocycles. The van der Waals surface area contributed by atoms with Crippen LogP contribution < -0.4 is 5.32 Å². The Morgan fingerprint density at radius 2 is 1.73 bits per heavy atom. The van der Waals surface area contributed by atoms with Gasteiger partial charge in [0, 0.05) is 44.5 Å². The molecule has 0 saturated carbocycles. The van der Waals surface area contributed by atoms with Crippen LogP contribution in [0.3, 0.4) is 0 Å². The summed E-state index contributed by atoms with van der Waals surface area (Å²) in [6.07, 6.45) is 0. The summed E-state index contributed by atoms with van der Waals surface area (Å²) in [5, 5.41) is 3.40. The zero-order valence-electron chi connectivity index (χ0n) is 13.7. The highest BCUT2D eigenvalue weighted by molar-refractivity contribution is 7.91. The minimum Gasteiger partial charge on any atom is -0.383 e. The van der Waals surface area contributed by atoms with E-state index in [0.717, 1.165) is 38.4 Å². The molecule has 1 aliphatic rings. The fourth-order valence-corrected chi connectivity index (χ4v) is 3.49. The summed E-state index contributed by atoms with van der Waals surface area (Å²) in [6.45, 7) is 9.21. The summed E-state index contributed by atoms with van der Waals surface area (Å²) in [5.74, 6) is 0.139. The lowest BCUT2D eigenvalue weighted by Crippen LogP contribution is -2.49. The number of piperazine rings is 1. The molecule has 0 radical (unpaired) electrons. The van der Waals surface area contributed by atoms with Gasteiger partial charge in [-0.1, -0.05) is 6.92 Å². The second-order valence-electron chi connectivity index (χ2n) is 6.00. The van der Waals surface area contributed by atoms with Gasteiger partial charge in [0.2, 0.25) is 0 Å². The van der Waals surface area contributed by atoms with E-state index in [-0.39, 0.29) is 5.75 Å². The van der Waals surface area contributed by atoms with Crippen LogP contribution in [0.1, 0.15) is 13.8 Å². The number of hydrogen-bond acceptors (Lipinski definition) is 5. The van der Waals surface area contributed by atoms with Gasteiger partial charge in [-0.3, -0.25) is 4.90 Å². The molecule has 0 spiro atoms. The minimum atomic E-state index is -3.11. The number of likely N-dealkylation sites (N-methyl/N-ethyl adjacent to an activating group) is 1. The second-order valence-corrected chi connectivity index (χ2v) is 8.28. The molecular weight excluding hydrogens is 298 g/mol. The van der Waals surface area contributed by atoms with Crippen molar-refractivity contribution in [2.75, 3.05) is 50.8 Å². The number of benzene rings is 1. The molecule has 1 heterocycles. The lowest BCUT2D eigenvalue weighted by molar-refractivity contribution is 0.123. The van der Waals surface area contributed by atoms with E-state index in [1.165, 1.54) is 0 Å². The van der Waals surface area contributed by atoms with Crippen molar-refractivity contribution in [2.45, 2.75) is 24.8 Å². The van der Waals surface area contributed by atoms with Crippen LogP contribution in [-0.2, 0) is 9.84 Å². The predicted molar refractivity (Wildman–Crippen MR) is 91.2 cm³/mol. The first-order chi connectivity index (χ1) is 10.4. The van der Waals surface area contributed by atoms with Crippen molar-refractivity contribution in [1.29, 1.82) is 0 Å². The van der Waals surface area contributed by atoms with E-state index >= 15 is 0 Å². The summed E-state index contributed by atoms with van der Waals surface area (Å²) in [6, 6.07) is 7.52. The van der Waals surface area contributed by atoms with Gasteiger partial charge in [0.1, 0.15) is 0 Å². The van der Waals surface area contributed by atoms with Crippen molar-refractivity contribution in [1.82, 2.24) is 9.80 Å². The molecule has 6 heteroatoms. The van der Waals surface area contributed by atoms with Gasteiger partial charge in [0.15, 0.2) is 9.84 Å². The van der Waals surface area contributed by atoms with E-state index < -0.39 is 9.84 Å². The normalized spacial score (nSPS) is 19.0. The molecule has 0 aliphatic carbocycles. The number of nitrogens with one attached hydrogen (secondary N) is 1. The summed E-state index contributed by atoms with van der Waals surface area (Å²) in [4.78, 5) is 5.24. The van der Waals surface area contributed by atoms with Gasteiger partial charge in [0.25, 0.3) is 0 Å². The smallest absolute Gasteiger partial charge is 0.178 e. The van der Waals surface area contributed by atoms with E-state index in [1.807, 2.05) is 12.1 Å². The number of rotatable bonds is 6. The first-order valence-electron chi connectivity index (χ1n) is 7.91. The zero-order valence-corrected chi connectivity index (χ0v) is 14.6. The molecule has 1 saturated heterocycles. The standard InChI is InChI=1S/C16H27N3O2S/c1-4-22(20,21)16-7-5-15(6-8-16)17-13-14(2)19-11-9-18(3)10-12-19/h5-8,14,17H,4,9-13H2,1-3H3/t14-/m1/s1. The Labute approximate surface area is 134 Å². The Bertz CT molecular complexity index is 564. The quantitative estimate of drug-likeness (QED) is 0.859. The average molecular weight is 325 g/mol. The lowest BCUT2D eigenvalue weighted by Gasteiger charge is -2.36. The summed E-state index contributed by atoms with van der Waals surface area (Å²) < 4.78 is 23.6. The monoisotopic (exact) mass is 325 g/mol. The van der Waals surface area contributed by atoms with E-state index in [0.29, 0.717) is 10.9 Å². The third-order valence-corrected chi connectivity index (χ3v) is 6.11. The van der Waals surface area contributed by atoms with Crippen LogP contribution in [0.5, 0.6) is 0 Å². The molecule has 1 atom stereocenters. The molecular formula is C16H27N3O2S. The average Bonchev–Trinajstić information content (AvgIpc) is 2.53. The molecule has 0 unspecified atom stereocenters. The minimum absolute atomic E-state index is 0.139. The van der Waals surface area contributed by atoms with Crippen LogP contribution in [-0.4, -0.2) is 69.8 Å². The molecule has 22 heavy (non-hydrogen) atoms. The zero-order chi connectivity index (χ0) is 16.2. The van der Waals surface area contributed by atoms with Crippen molar-refractivity contribution in [3.63, 3.8) is 0 Å². The predicted octanol–water partition coefficient (Wildman–Crippen LogP) is 1.53. The van der Waals surface area contributed by atoms with Crippen LogP contribution >= 0.6 is 0 Å². The van der Waals surface area contributed by atoms with Crippen molar-refractivity contribution >= 4 is 15.5 Å². The highest BCUT2D eigenvalue weighted by Gasteiger charge is 2.18. The Kier molecular flexibility index (Phi) is 5.83. The van der Waals surface area contributed by atoms with Gasteiger partial charge in [-0.25, -0.2) is 8.42 Å². The molecule has 0 aromatic heterocycles. The highest BCUT2D eigenvalue weighted by Crippen LogP contribution is 2.15. The van der Waals surface area contributed by atoms with Gasteiger partial charge in [-0.15, -0.1) is 0 Å². The molecule has 1 N–H and O–H groups in total. The lowest BCUT2D eigenvalue weighted by atomic mass is 10.2. The highest BCUT2D eigenvalue weighted by atomic mass is 32.2. The van der Waals surface area contributed by atoms with Gasteiger partial charge in [0.05, 0.1) is 10.6 Å². The molecule has 1 aromatic rings. The van der Waals surface area contributed by atoms with Crippen molar-refractivity contribution in [2.24, 2.45) is 0 Å². The number of sulfone groups is 1. The number of hydrogen-bond donors (Lipinski definition) is 1. The van der Waals surface area contributed by atoms with E-state index in [2.05, 4.69) is 29.1 Å². The molecule has 124 valence electrons. The number of nitrogens with zero attached hydrogens (tertiary/aromatic N) is 2. The van der Waals surface area contributed by atoms with Crippen LogP contribution in [0.25, 0.3) is 0 Å². The number of anilines is 1. The molecule has 1 fully saturated rings. The largest absolute Gasteiger partial charge is 0.383 e. The maximum absolute atomic E-state index is 11.8. The van der Waals surface area contributed by atoms with E-state index in [9.17, 15) is 8.42 Å². The Morgan fingerprint density at radius 1 is 1.14 bits per heavy atom. The Morgan fingerprint density at radius 3 is 2.27 bits per heavy atom. The van der Waals surface area contributed by atoms with Gasteiger partial charge < -0.3 is 10.2 Å².